The first kappa shape index (κ1) is 15.0. The Morgan fingerprint density at radius 1 is 1.35 bits per heavy atom. The highest BCUT2D eigenvalue weighted by Crippen LogP contribution is 2.29. The van der Waals surface area contributed by atoms with Crippen molar-refractivity contribution in [2.75, 3.05) is 39.7 Å². The molecule has 1 aliphatic heterocycles. The van der Waals surface area contributed by atoms with E-state index in [9.17, 15) is 4.79 Å². The third-order valence-electron chi connectivity index (χ3n) is 3.03. The second kappa shape index (κ2) is 7.40. The number of para-hydroxylation sites is 2. The first-order valence-electron chi connectivity index (χ1n) is 6.42. The summed E-state index contributed by atoms with van der Waals surface area (Å²) in [7, 11) is 3.14. The van der Waals surface area contributed by atoms with E-state index in [4.69, 9.17) is 14.2 Å². The van der Waals surface area contributed by atoms with E-state index in [1.807, 2.05) is 29.2 Å². The Balaban J connectivity index is 1.94. The van der Waals surface area contributed by atoms with Gasteiger partial charge < -0.3 is 19.1 Å². The molecule has 1 fully saturated rings. The second-order valence-corrected chi connectivity index (χ2v) is 5.59. The topological polar surface area (TPSA) is 48.0 Å². The summed E-state index contributed by atoms with van der Waals surface area (Å²) in [4.78, 5) is 13.7. The van der Waals surface area contributed by atoms with E-state index in [1.165, 1.54) is 7.11 Å². The minimum Gasteiger partial charge on any atom is -0.493 e. The van der Waals surface area contributed by atoms with Crippen molar-refractivity contribution >= 4 is 17.7 Å². The lowest BCUT2D eigenvalue weighted by molar-refractivity contribution is -0.135. The number of ether oxygens (including phenoxy) is 3. The molecule has 0 saturated carbocycles. The molecule has 1 aliphatic rings. The van der Waals surface area contributed by atoms with Crippen LogP contribution < -0.4 is 9.47 Å². The van der Waals surface area contributed by atoms with Crippen LogP contribution in [0.3, 0.4) is 0 Å². The number of rotatable bonds is 6. The minimum absolute atomic E-state index is 0.00567. The fraction of sp³-hybridized carbons (Fsp3) is 0.500. The van der Waals surface area contributed by atoms with Gasteiger partial charge >= 0.3 is 0 Å². The van der Waals surface area contributed by atoms with Gasteiger partial charge in [0.15, 0.2) is 11.5 Å². The Morgan fingerprint density at radius 2 is 2.10 bits per heavy atom. The fourth-order valence-corrected chi connectivity index (χ4v) is 3.19. The largest absolute Gasteiger partial charge is 0.493 e. The third kappa shape index (κ3) is 3.58. The highest BCUT2D eigenvalue weighted by molar-refractivity contribution is 8.00. The minimum atomic E-state index is 0.00567. The molecule has 0 radical (unpaired) electrons. The maximum Gasteiger partial charge on any atom is 0.249 e. The number of methoxy groups -OCH3 is 2. The van der Waals surface area contributed by atoms with Crippen LogP contribution in [-0.4, -0.2) is 55.9 Å². The SMILES string of the molecule is COCC(=O)N1CCSC1COc1ccccc1OC. The van der Waals surface area contributed by atoms with Gasteiger partial charge in [0.05, 0.1) is 7.11 Å². The molecule has 5 nitrogen and oxygen atoms in total. The summed E-state index contributed by atoms with van der Waals surface area (Å²) in [5.74, 6) is 2.33. The van der Waals surface area contributed by atoms with E-state index in [2.05, 4.69) is 0 Å². The standard InChI is InChI=1S/C14H19NO4S/c1-17-9-13(16)15-7-8-20-14(15)10-19-12-6-4-3-5-11(12)18-2/h3-6,14H,7-10H2,1-2H3. The number of amides is 1. The molecular formula is C14H19NO4S. The van der Waals surface area contributed by atoms with Gasteiger partial charge in [-0.25, -0.2) is 0 Å². The Labute approximate surface area is 123 Å². The van der Waals surface area contributed by atoms with Crippen molar-refractivity contribution in [3.05, 3.63) is 24.3 Å². The van der Waals surface area contributed by atoms with Gasteiger partial charge in [-0.2, -0.15) is 0 Å². The van der Waals surface area contributed by atoms with Crippen LogP contribution in [0.2, 0.25) is 0 Å². The highest BCUT2D eigenvalue weighted by Gasteiger charge is 2.29. The Kier molecular flexibility index (Phi) is 5.55. The van der Waals surface area contributed by atoms with E-state index in [0.717, 1.165) is 12.3 Å². The monoisotopic (exact) mass is 297 g/mol. The number of carbonyl (C=O) groups excluding carboxylic acids is 1. The molecule has 1 amide bonds. The zero-order chi connectivity index (χ0) is 14.4. The molecule has 0 aliphatic carbocycles. The van der Waals surface area contributed by atoms with Crippen LogP contribution >= 0.6 is 11.8 Å². The van der Waals surface area contributed by atoms with Crippen molar-refractivity contribution in [1.29, 1.82) is 0 Å². The first-order valence-corrected chi connectivity index (χ1v) is 7.47. The average Bonchev–Trinajstić information content (AvgIpc) is 2.94. The molecule has 1 aromatic carbocycles. The number of thioether (sulfide) groups is 1. The lowest BCUT2D eigenvalue weighted by atomic mass is 10.3. The van der Waals surface area contributed by atoms with Crippen LogP contribution in [0.5, 0.6) is 11.5 Å². The molecule has 0 bridgehead atoms. The molecule has 0 spiro atoms. The van der Waals surface area contributed by atoms with Gasteiger partial charge in [-0.15, -0.1) is 11.8 Å². The molecule has 0 N–H and O–H groups in total. The summed E-state index contributed by atoms with van der Waals surface area (Å²) < 4.78 is 15.9. The molecule has 1 saturated heterocycles. The van der Waals surface area contributed by atoms with Crippen molar-refractivity contribution in [2.24, 2.45) is 0 Å². The quantitative estimate of drug-likeness (QED) is 0.798. The summed E-state index contributed by atoms with van der Waals surface area (Å²) >= 11 is 1.72. The van der Waals surface area contributed by atoms with Gasteiger partial charge in [-0.1, -0.05) is 12.1 Å². The predicted octanol–water partition coefficient (Wildman–Crippen LogP) is 1.62. The van der Waals surface area contributed by atoms with Crippen LogP contribution in [-0.2, 0) is 9.53 Å². The van der Waals surface area contributed by atoms with E-state index in [1.54, 1.807) is 18.9 Å². The molecule has 2 rings (SSSR count). The molecule has 1 atom stereocenters. The number of carbonyl (C=O) groups is 1. The van der Waals surface area contributed by atoms with Crippen molar-refractivity contribution < 1.29 is 19.0 Å². The van der Waals surface area contributed by atoms with Gasteiger partial charge in [0.25, 0.3) is 0 Å². The van der Waals surface area contributed by atoms with Crippen LogP contribution in [0.25, 0.3) is 0 Å². The molecule has 1 unspecified atom stereocenters. The van der Waals surface area contributed by atoms with Gasteiger partial charge in [-0.05, 0) is 12.1 Å². The van der Waals surface area contributed by atoms with Crippen LogP contribution in [0.1, 0.15) is 0 Å². The van der Waals surface area contributed by atoms with Gasteiger partial charge in [0, 0.05) is 19.4 Å². The summed E-state index contributed by atoms with van der Waals surface area (Å²) in [6.07, 6.45) is 0. The third-order valence-corrected chi connectivity index (χ3v) is 4.22. The number of hydrogen-bond donors (Lipinski definition) is 0. The second-order valence-electron chi connectivity index (χ2n) is 4.31. The zero-order valence-corrected chi connectivity index (χ0v) is 12.5. The Morgan fingerprint density at radius 3 is 2.80 bits per heavy atom. The molecular weight excluding hydrogens is 278 g/mol. The summed E-state index contributed by atoms with van der Waals surface area (Å²) in [6, 6.07) is 7.50. The maximum atomic E-state index is 11.9. The van der Waals surface area contributed by atoms with Crippen LogP contribution in [0.15, 0.2) is 24.3 Å². The normalized spacial score (nSPS) is 18.1. The van der Waals surface area contributed by atoms with Crippen molar-refractivity contribution in [3.8, 4) is 11.5 Å². The molecule has 6 heteroatoms. The summed E-state index contributed by atoms with van der Waals surface area (Å²) in [5.41, 5.74) is 0. The molecule has 20 heavy (non-hydrogen) atoms. The van der Waals surface area contributed by atoms with Crippen molar-refractivity contribution in [3.63, 3.8) is 0 Å². The lowest BCUT2D eigenvalue weighted by Crippen LogP contribution is -2.40. The first-order chi connectivity index (χ1) is 9.76. The Hall–Kier alpha value is -1.40. The van der Waals surface area contributed by atoms with E-state index in [0.29, 0.717) is 18.1 Å². The van der Waals surface area contributed by atoms with E-state index >= 15 is 0 Å². The van der Waals surface area contributed by atoms with Gasteiger partial charge in [0.2, 0.25) is 5.91 Å². The smallest absolute Gasteiger partial charge is 0.249 e. The van der Waals surface area contributed by atoms with E-state index in [-0.39, 0.29) is 17.9 Å². The van der Waals surface area contributed by atoms with Crippen LogP contribution in [0.4, 0.5) is 0 Å². The van der Waals surface area contributed by atoms with Crippen LogP contribution in [0, 0.1) is 0 Å². The molecule has 1 heterocycles. The number of nitrogens with zero attached hydrogens (tertiary/aromatic N) is 1. The van der Waals surface area contributed by atoms with Gasteiger partial charge in [0.1, 0.15) is 18.6 Å². The number of benzene rings is 1. The van der Waals surface area contributed by atoms with Crippen molar-refractivity contribution in [2.45, 2.75) is 5.37 Å². The van der Waals surface area contributed by atoms with Crippen molar-refractivity contribution in [1.82, 2.24) is 4.90 Å². The van der Waals surface area contributed by atoms with E-state index < -0.39 is 0 Å². The predicted molar refractivity (Wildman–Crippen MR) is 78.3 cm³/mol. The molecule has 1 aromatic rings. The maximum absolute atomic E-state index is 11.9. The summed E-state index contributed by atoms with van der Waals surface area (Å²) in [6.45, 7) is 1.30. The summed E-state index contributed by atoms with van der Waals surface area (Å²) in [5, 5.41) is 0.0302. The zero-order valence-electron chi connectivity index (χ0n) is 11.7. The molecule has 0 aromatic heterocycles. The highest BCUT2D eigenvalue weighted by atomic mass is 32.2. The fourth-order valence-electron chi connectivity index (χ4n) is 2.05. The average molecular weight is 297 g/mol. The van der Waals surface area contributed by atoms with Gasteiger partial charge in [-0.3, -0.25) is 4.79 Å². The lowest BCUT2D eigenvalue weighted by Gasteiger charge is -2.23. The molecule has 110 valence electrons. The Bertz CT molecular complexity index is 455. The number of hydrogen-bond acceptors (Lipinski definition) is 5.